The molecule has 3 saturated heterocycles. The predicted octanol–water partition coefficient (Wildman–Crippen LogP) is 3.75. The highest BCUT2D eigenvalue weighted by atomic mass is 16.6. The van der Waals surface area contributed by atoms with E-state index in [4.69, 9.17) is 28.4 Å². The zero-order chi connectivity index (χ0) is 21.3. The Bertz CT molecular complexity index is 469. The number of ether oxygens (including phenoxy) is 6. The van der Waals surface area contributed by atoms with Gasteiger partial charge < -0.3 is 28.4 Å². The lowest BCUT2D eigenvalue weighted by Crippen LogP contribution is -2.38. The maximum Gasteiger partial charge on any atom is 0.117 e. The summed E-state index contributed by atoms with van der Waals surface area (Å²) in [6, 6.07) is 0. The van der Waals surface area contributed by atoms with E-state index in [0.717, 1.165) is 19.3 Å². The molecule has 3 heterocycles. The van der Waals surface area contributed by atoms with Crippen molar-refractivity contribution in [1.29, 1.82) is 0 Å². The Labute approximate surface area is 176 Å². The van der Waals surface area contributed by atoms with Crippen molar-refractivity contribution in [2.75, 3.05) is 39.6 Å². The van der Waals surface area contributed by atoms with Crippen LogP contribution in [0.25, 0.3) is 0 Å². The summed E-state index contributed by atoms with van der Waals surface area (Å²) in [6.07, 6.45) is 3.76. The first-order chi connectivity index (χ1) is 13.7. The summed E-state index contributed by atoms with van der Waals surface area (Å²) in [5, 5.41) is 0. The van der Waals surface area contributed by atoms with E-state index in [0.29, 0.717) is 39.6 Å². The summed E-state index contributed by atoms with van der Waals surface area (Å²) in [5.74, 6) is 0. The fourth-order valence-electron chi connectivity index (χ4n) is 4.36. The molecular weight excluding hydrogens is 372 g/mol. The first-order valence-corrected chi connectivity index (χ1v) is 11.5. The minimum absolute atomic E-state index is 0.101. The van der Waals surface area contributed by atoms with Crippen LogP contribution in [0, 0.1) is 5.41 Å². The highest BCUT2D eigenvalue weighted by Crippen LogP contribution is 2.42. The second kappa shape index (κ2) is 8.71. The number of hydrogen-bond acceptors (Lipinski definition) is 6. The van der Waals surface area contributed by atoms with Crippen molar-refractivity contribution in [2.24, 2.45) is 5.41 Å². The van der Waals surface area contributed by atoms with E-state index in [1.807, 2.05) is 0 Å². The summed E-state index contributed by atoms with van der Waals surface area (Å²) in [4.78, 5) is 0. The van der Waals surface area contributed by atoms with Gasteiger partial charge in [0.25, 0.3) is 0 Å². The Morgan fingerprint density at radius 3 is 1.03 bits per heavy atom. The average molecular weight is 415 g/mol. The number of epoxide rings is 3. The van der Waals surface area contributed by atoms with Crippen molar-refractivity contribution in [1.82, 2.24) is 0 Å². The van der Waals surface area contributed by atoms with E-state index < -0.39 is 0 Å². The second-order valence-electron chi connectivity index (χ2n) is 9.82. The van der Waals surface area contributed by atoms with Crippen LogP contribution in [0.2, 0.25) is 0 Å². The van der Waals surface area contributed by atoms with Crippen LogP contribution in [0.5, 0.6) is 0 Å². The molecule has 6 heteroatoms. The van der Waals surface area contributed by atoms with Gasteiger partial charge in [-0.1, -0.05) is 27.7 Å². The Balaban J connectivity index is 1.48. The van der Waals surface area contributed by atoms with Gasteiger partial charge in [0, 0.05) is 5.41 Å². The van der Waals surface area contributed by atoms with Gasteiger partial charge in [-0.15, -0.1) is 0 Å². The largest absolute Gasteiger partial charge is 0.378 e. The lowest BCUT2D eigenvalue weighted by atomic mass is 9.93. The fraction of sp³-hybridized carbons (Fsp3) is 1.00. The van der Waals surface area contributed by atoms with Gasteiger partial charge >= 0.3 is 0 Å². The zero-order valence-corrected chi connectivity index (χ0v) is 19.5. The van der Waals surface area contributed by atoms with Crippen molar-refractivity contribution in [3.05, 3.63) is 0 Å². The summed E-state index contributed by atoms with van der Waals surface area (Å²) >= 11 is 0. The van der Waals surface area contributed by atoms with Gasteiger partial charge in [0.05, 0.1) is 58.0 Å². The van der Waals surface area contributed by atoms with E-state index in [1.165, 1.54) is 0 Å². The van der Waals surface area contributed by atoms with Crippen LogP contribution >= 0.6 is 0 Å². The Kier molecular flexibility index (Phi) is 7.04. The fourth-order valence-corrected chi connectivity index (χ4v) is 4.36. The first-order valence-electron chi connectivity index (χ1n) is 11.5. The third kappa shape index (κ3) is 5.16. The minimum atomic E-state index is -0.229. The quantitative estimate of drug-likeness (QED) is 0.380. The molecule has 170 valence electrons. The van der Waals surface area contributed by atoms with Crippen LogP contribution < -0.4 is 0 Å². The Morgan fingerprint density at radius 1 is 0.621 bits per heavy atom. The molecule has 6 atom stereocenters. The number of hydrogen-bond donors (Lipinski definition) is 0. The molecule has 0 bridgehead atoms. The molecule has 0 radical (unpaired) electrons. The molecule has 0 aromatic rings. The van der Waals surface area contributed by atoms with Gasteiger partial charge in [-0.2, -0.15) is 0 Å². The predicted molar refractivity (Wildman–Crippen MR) is 111 cm³/mol. The van der Waals surface area contributed by atoms with E-state index >= 15 is 0 Å². The smallest absolute Gasteiger partial charge is 0.117 e. The Morgan fingerprint density at radius 2 is 0.862 bits per heavy atom. The van der Waals surface area contributed by atoms with E-state index in [2.05, 4.69) is 48.5 Å². The molecule has 3 fully saturated rings. The van der Waals surface area contributed by atoms with Crippen LogP contribution in [0.1, 0.15) is 67.7 Å². The molecule has 6 unspecified atom stereocenters. The zero-order valence-electron chi connectivity index (χ0n) is 19.5. The summed E-state index contributed by atoms with van der Waals surface area (Å²) in [7, 11) is 0. The third-order valence-corrected chi connectivity index (χ3v) is 7.47. The maximum atomic E-state index is 6.13. The van der Waals surface area contributed by atoms with E-state index in [9.17, 15) is 0 Å². The lowest BCUT2D eigenvalue weighted by Gasteiger charge is -2.30. The standard InChI is InChI=1S/C23H42O6/c1-8-21(17(4)27-21)14-24-11-20(7,12-25-15-22(9-2)18(5)28-22)13-26-16-23(10-3)19(6)29-23/h17-19H,8-16H2,1-7H3. The molecule has 0 spiro atoms. The normalized spacial score (nSPS) is 42.5. The molecule has 0 aromatic carbocycles. The van der Waals surface area contributed by atoms with Crippen molar-refractivity contribution in [2.45, 2.75) is 103 Å². The molecule has 0 aromatic heterocycles. The van der Waals surface area contributed by atoms with Crippen molar-refractivity contribution < 1.29 is 28.4 Å². The van der Waals surface area contributed by atoms with E-state index in [-0.39, 0.29) is 40.5 Å². The minimum Gasteiger partial charge on any atom is -0.378 e. The van der Waals surface area contributed by atoms with Gasteiger partial charge in [-0.25, -0.2) is 0 Å². The molecule has 3 rings (SSSR count). The average Bonchev–Trinajstić information content (AvgIpc) is 3.63. The monoisotopic (exact) mass is 414 g/mol. The molecule has 0 N–H and O–H groups in total. The molecule has 3 aliphatic rings. The third-order valence-electron chi connectivity index (χ3n) is 7.47. The van der Waals surface area contributed by atoms with Gasteiger partial charge in [0.2, 0.25) is 0 Å². The first kappa shape index (κ1) is 23.4. The second-order valence-corrected chi connectivity index (χ2v) is 9.82. The highest BCUT2D eigenvalue weighted by Gasteiger charge is 2.54. The van der Waals surface area contributed by atoms with Crippen LogP contribution in [0.15, 0.2) is 0 Å². The summed E-state index contributed by atoms with van der Waals surface area (Å²) in [5.41, 5.74) is -0.533. The molecule has 0 aliphatic carbocycles. The summed E-state index contributed by atoms with van der Waals surface area (Å²) in [6.45, 7) is 18.6. The lowest BCUT2D eigenvalue weighted by molar-refractivity contribution is -0.0796. The summed E-state index contributed by atoms with van der Waals surface area (Å²) < 4.78 is 35.7. The SMILES string of the molecule is CCC1(COCC(C)(COCC2(CC)OC2C)COCC2(CC)OC2C)OC1C. The van der Waals surface area contributed by atoms with Gasteiger partial charge in [0.1, 0.15) is 16.8 Å². The van der Waals surface area contributed by atoms with Crippen molar-refractivity contribution in [3.8, 4) is 0 Å². The molecule has 6 nitrogen and oxygen atoms in total. The van der Waals surface area contributed by atoms with Gasteiger partial charge in [-0.3, -0.25) is 0 Å². The Hall–Kier alpha value is -0.240. The molecular formula is C23H42O6. The van der Waals surface area contributed by atoms with Crippen molar-refractivity contribution >= 4 is 0 Å². The van der Waals surface area contributed by atoms with Crippen LogP contribution in [-0.2, 0) is 28.4 Å². The van der Waals surface area contributed by atoms with Gasteiger partial charge in [-0.05, 0) is 40.0 Å². The molecule has 0 saturated carbocycles. The maximum absolute atomic E-state index is 6.13. The van der Waals surface area contributed by atoms with Crippen molar-refractivity contribution in [3.63, 3.8) is 0 Å². The van der Waals surface area contributed by atoms with Gasteiger partial charge in [0.15, 0.2) is 0 Å². The van der Waals surface area contributed by atoms with E-state index in [1.54, 1.807) is 0 Å². The number of rotatable bonds is 15. The topological polar surface area (TPSA) is 65.3 Å². The molecule has 0 amide bonds. The van der Waals surface area contributed by atoms with Crippen LogP contribution in [0.3, 0.4) is 0 Å². The highest BCUT2D eigenvalue weighted by molar-refractivity contribution is 5.01. The van der Waals surface area contributed by atoms with Crippen LogP contribution in [-0.4, -0.2) is 74.8 Å². The molecule has 29 heavy (non-hydrogen) atoms. The van der Waals surface area contributed by atoms with Crippen LogP contribution in [0.4, 0.5) is 0 Å². The molecule has 3 aliphatic heterocycles.